The third-order valence-electron chi connectivity index (χ3n) is 3.76. The van der Waals surface area contributed by atoms with Crippen LogP contribution in [-0.4, -0.2) is 9.97 Å². The summed E-state index contributed by atoms with van der Waals surface area (Å²) in [5.41, 5.74) is 3.23. The molecule has 25 heavy (non-hydrogen) atoms. The van der Waals surface area contributed by atoms with E-state index in [0.717, 1.165) is 45.2 Å². The van der Waals surface area contributed by atoms with Crippen LogP contribution in [0.2, 0.25) is 5.02 Å². The summed E-state index contributed by atoms with van der Waals surface area (Å²) < 4.78 is 6.95. The molecule has 130 valence electrons. The lowest BCUT2D eigenvalue weighted by Crippen LogP contribution is -1.98. The minimum Gasteiger partial charge on any atom is -0.470 e. The zero-order valence-corrected chi connectivity index (χ0v) is 16.0. The van der Waals surface area contributed by atoms with Gasteiger partial charge >= 0.3 is 0 Å². The highest BCUT2D eigenvalue weighted by Gasteiger charge is 2.07. The molecule has 1 aromatic carbocycles. The number of nitrogens with zero attached hydrogens (tertiary/aromatic N) is 2. The van der Waals surface area contributed by atoms with Crippen LogP contribution in [0.1, 0.15) is 43.8 Å². The number of allylic oxidation sites excluding steroid dienone is 2. The highest BCUT2D eigenvalue weighted by Crippen LogP contribution is 2.26. The topological polar surface area (TPSA) is 35.0 Å². The Kier molecular flexibility index (Phi) is 6.05. The fraction of sp³-hybridized carbons (Fsp3) is 0.300. The zero-order valence-electron chi connectivity index (χ0n) is 14.5. The standard InChI is InChI=1S/C20H21ClN2OS/c1-3-6-14(7-4-2)16-8-5-9-19(22-16)24-13-20-23-17-11-10-15(21)12-18(17)25-20/h5-6,8-12H,3-4,7,13H2,1-2H3/b14-6+. The van der Waals surface area contributed by atoms with E-state index in [1.54, 1.807) is 11.3 Å². The van der Waals surface area contributed by atoms with E-state index in [4.69, 9.17) is 16.3 Å². The molecule has 0 atom stereocenters. The van der Waals surface area contributed by atoms with E-state index in [0.29, 0.717) is 12.5 Å². The van der Waals surface area contributed by atoms with E-state index < -0.39 is 0 Å². The van der Waals surface area contributed by atoms with Crippen molar-refractivity contribution >= 4 is 38.7 Å². The van der Waals surface area contributed by atoms with Crippen LogP contribution in [-0.2, 0) is 6.61 Å². The third kappa shape index (κ3) is 4.59. The molecule has 3 aromatic rings. The van der Waals surface area contributed by atoms with Gasteiger partial charge in [-0.1, -0.05) is 44.0 Å². The zero-order chi connectivity index (χ0) is 17.6. The minimum atomic E-state index is 0.411. The number of rotatable bonds is 7. The molecule has 0 saturated carbocycles. The molecule has 5 heteroatoms. The van der Waals surface area contributed by atoms with Crippen molar-refractivity contribution in [1.29, 1.82) is 0 Å². The number of halogens is 1. The molecule has 2 heterocycles. The maximum atomic E-state index is 6.03. The predicted molar refractivity (Wildman–Crippen MR) is 106 cm³/mol. The molecule has 0 spiro atoms. The Morgan fingerprint density at radius 3 is 2.88 bits per heavy atom. The van der Waals surface area contributed by atoms with Crippen molar-refractivity contribution < 1.29 is 4.74 Å². The first kappa shape index (κ1) is 17.9. The fourth-order valence-corrected chi connectivity index (χ4v) is 3.82. The molecule has 0 bridgehead atoms. The third-order valence-corrected chi connectivity index (χ3v) is 4.99. The fourth-order valence-electron chi connectivity index (χ4n) is 2.67. The smallest absolute Gasteiger partial charge is 0.214 e. The largest absolute Gasteiger partial charge is 0.470 e. The van der Waals surface area contributed by atoms with Gasteiger partial charge in [-0.3, -0.25) is 0 Å². The lowest BCUT2D eigenvalue weighted by Gasteiger charge is -2.08. The number of ether oxygens (including phenoxy) is 1. The lowest BCUT2D eigenvalue weighted by atomic mass is 10.1. The van der Waals surface area contributed by atoms with Gasteiger partial charge in [0.2, 0.25) is 5.88 Å². The van der Waals surface area contributed by atoms with Crippen LogP contribution >= 0.6 is 22.9 Å². The van der Waals surface area contributed by atoms with E-state index in [-0.39, 0.29) is 0 Å². The predicted octanol–water partition coefficient (Wildman–Crippen LogP) is 6.52. The molecule has 0 radical (unpaired) electrons. The van der Waals surface area contributed by atoms with E-state index in [2.05, 4.69) is 29.9 Å². The molecule has 3 nitrogen and oxygen atoms in total. The maximum absolute atomic E-state index is 6.03. The van der Waals surface area contributed by atoms with E-state index in [1.165, 1.54) is 5.57 Å². The number of hydrogen-bond donors (Lipinski definition) is 0. The number of thiazole rings is 1. The Bertz CT molecular complexity index is 888. The molecule has 0 amide bonds. The van der Waals surface area contributed by atoms with Crippen LogP contribution in [0.25, 0.3) is 15.8 Å². The van der Waals surface area contributed by atoms with Crippen LogP contribution in [0.4, 0.5) is 0 Å². The Balaban J connectivity index is 1.74. The average Bonchev–Trinajstić information content (AvgIpc) is 3.02. The maximum Gasteiger partial charge on any atom is 0.214 e. The Hall–Kier alpha value is -1.91. The van der Waals surface area contributed by atoms with E-state index in [9.17, 15) is 0 Å². The van der Waals surface area contributed by atoms with Crippen LogP contribution in [0.15, 0.2) is 42.5 Å². The molecule has 0 saturated heterocycles. The van der Waals surface area contributed by atoms with Gasteiger partial charge in [0.25, 0.3) is 0 Å². The second-order valence-corrected chi connectivity index (χ2v) is 7.31. The second kappa shape index (κ2) is 8.45. The quantitative estimate of drug-likeness (QED) is 0.473. The molecular weight excluding hydrogens is 352 g/mol. The van der Waals surface area contributed by atoms with Crippen molar-refractivity contribution in [3.63, 3.8) is 0 Å². The Labute approximate surface area is 157 Å². The molecule has 0 fully saturated rings. The molecule has 0 aliphatic carbocycles. The van der Waals surface area contributed by atoms with E-state index in [1.807, 2.05) is 36.4 Å². The number of fused-ring (bicyclic) bond motifs is 1. The van der Waals surface area contributed by atoms with Crippen molar-refractivity contribution in [2.24, 2.45) is 0 Å². The number of aromatic nitrogens is 2. The van der Waals surface area contributed by atoms with Crippen molar-refractivity contribution in [2.75, 3.05) is 0 Å². The van der Waals surface area contributed by atoms with E-state index >= 15 is 0 Å². The highest BCUT2D eigenvalue weighted by atomic mass is 35.5. The first-order valence-corrected chi connectivity index (χ1v) is 9.73. The van der Waals surface area contributed by atoms with Crippen LogP contribution in [0, 0.1) is 0 Å². The number of benzene rings is 1. The van der Waals surface area contributed by atoms with Crippen molar-refractivity contribution in [1.82, 2.24) is 9.97 Å². The summed E-state index contributed by atoms with van der Waals surface area (Å²) in [6, 6.07) is 11.7. The number of pyridine rings is 1. The van der Waals surface area contributed by atoms with Gasteiger partial charge < -0.3 is 4.74 Å². The van der Waals surface area contributed by atoms with Crippen LogP contribution in [0.5, 0.6) is 5.88 Å². The average molecular weight is 373 g/mol. The van der Waals surface area contributed by atoms with Gasteiger partial charge in [0.15, 0.2) is 0 Å². The lowest BCUT2D eigenvalue weighted by molar-refractivity contribution is 0.293. The van der Waals surface area contributed by atoms with Crippen molar-refractivity contribution in [3.8, 4) is 5.88 Å². The van der Waals surface area contributed by atoms with Gasteiger partial charge in [-0.05, 0) is 42.7 Å². The summed E-state index contributed by atoms with van der Waals surface area (Å²) in [6.45, 7) is 4.74. The summed E-state index contributed by atoms with van der Waals surface area (Å²) in [5.74, 6) is 0.632. The van der Waals surface area contributed by atoms with Crippen LogP contribution < -0.4 is 4.74 Å². The first-order chi connectivity index (χ1) is 12.2. The van der Waals surface area contributed by atoms with Gasteiger partial charge in [0.1, 0.15) is 11.6 Å². The summed E-state index contributed by atoms with van der Waals surface area (Å²) in [6.07, 6.45) is 5.39. The van der Waals surface area contributed by atoms with Crippen molar-refractivity contribution in [2.45, 2.75) is 39.7 Å². The SMILES string of the molecule is CC/C=C(\CCC)c1cccc(OCc2nc3ccc(Cl)cc3s2)n1. The van der Waals surface area contributed by atoms with Crippen LogP contribution in [0.3, 0.4) is 0 Å². The summed E-state index contributed by atoms with van der Waals surface area (Å²) in [7, 11) is 0. The van der Waals surface area contributed by atoms with Gasteiger partial charge in [-0.15, -0.1) is 11.3 Å². The monoisotopic (exact) mass is 372 g/mol. The summed E-state index contributed by atoms with van der Waals surface area (Å²) in [5, 5.41) is 1.64. The molecule has 3 rings (SSSR count). The molecule has 0 unspecified atom stereocenters. The van der Waals surface area contributed by atoms with Gasteiger partial charge in [-0.2, -0.15) is 0 Å². The normalized spacial score (nSPS) is 11.9. The molecular formula is C20H21ClN2OS. The molecule has 0 N–H and O–H groups in total. The van der Waals surface area contributed by atoms with Gasteiger partial charge in [0.05, 0.1) is 15.9 Å². The molecule has 0 aliphatic heterocycles. The molecule has 2 aromatic heterocycles. The second-order valence-electron chi connectivity index (χ2n) is 5.76. The summed E-state index contributed by atoms with van der Waals surface area (Å²) in [4.78, 5) is 9.24. The molecule has 0 aliphatic rings. The van der Waals surface area contributed by atoms with Gasteiger partial charge in [-0.25, -0.2) is 9.97 Å². The Morgan fingerprint density at radius 1 is 1.20 bits per heavy atom. The Morgan fingerprint density at radius 2 is 2.08 bits per heavy atom. The first-order valence-electron chi connectivity index (χ1n) is 8.53. The highest BCUT2D eigenvalue weighted by molar-refractivity contribution is 7.18. The number of hydrogen-bond acceptors (Lipinski definition) is 4. The summed E-state index contributed by atoms with van der Waals surface area (Å²) >= 11 is 7.63. The van der Waals surface area contributed by atoms with Gasteiger partial charge in [0, 0.05) is 11.1 Å². The van der Waals surface area contributed by atoms with Crippen molar-refractivity contribution in [3.05, 3.63) is 58.2 Å². The minimum absolute atomic E-state index is 0.411.